The lowest BCUT2D eigenvalue weighted by Crippen LogP contribution is -1.98. The topological polar surface area (TPSA) is 25.2 Å². The molecule has 1 N–H and O–H groups in total. The molecule has 2 nitrogen and oxygen atoms in total. The second-order valence-corrected chi connectivity index (χ2v) is 5.85. The van der Waals surface area contributed by atoms with E-state index in [0.717, 1.165) is 23.2 Å². The summed E-state index contributed by atoms with van der Waals surface area (Å²) in [6.07, 6.45) is 2.07. The van der Waals surface area contributed by atoms with Gasteiger partial charge < -0.3 is 9.67 Å². The molecule has 102 valence electrons. The molecular formula is C17H17NOS. The fourth-order valence-electron chi connectivity index (χ4n) is 2.41. The Balaban J connectivity index is 1.74. The minimum absolute atomic E-state index is 0.0966. The number of aliphatic hydroxyl groups is 1. The third-order valence-corrected chi connectivity index (χ3v) is 4.38. The first kappa shape index (κ1) is 13.3. The largest absolute Gasteiger partial charge is 0.392 e. The standard InChI is InChI=1S/C17H17NOS/c19-13-14-12-18(17-9-5-4-8-16(14)17)10-11-20-15-6-2-1-3-7-15/h1-9,12,19H,10-11,13H2. The summed E-state index contributed by atoms with van der Waals surface area (Å²) >= 11 is 1.86. The Hall–Kier alpha value is -1.71. The Kier molecular flexibility index (Phi) is 4.09. The predicted molar refractivity (Wildman–Crippen MR) is 85.0 cm³/mol. The van der Waals surface area contributed by atoms with Crippen molar-refractivity contribution in [3.05, 3.63) is 66.4 Å². The molecule has 0 saturated heterocycles. The van der Waals surface area contributed by atoms with Crippen molar-refractivity contribution in [3.8, 4) is 0 Å². The summed E-state index contributed by atoms with van der Waals surface area (Å²) in [7, 11) is 0. The summed E-state index contributed by atoms with van der Waals surface area (Å²) in [5.41, 5.74) is 2.20. The summed E-state index contributed by atoms with van der Waals surface area (Å²) < 4.78 is 2.23. The predicted octanol–water partition coefficient (Wildman–Crippen LogP) is 3.93. The van der Waals surface area contributed by atoms with E-state index in [4.69, 9.17) is 0 Å². The molecule has 0 aliphatic heterocycles. The highest BCUT2D eigenvalue weighted by molar-refractivity contribution is 7.99. The molecule has 20 heavy (non-hydrogen) atoms. The number of nitrogens with zero attached hydrogens (tertiary/aromatic N) is 1. The molecule has 3 aromatic rings. The number of aromatic nitrogens is 1. The molecule has 0 aliphatic rings. The van der Waals surface area contributed by atoms with E-state index < -0.39 is 0 Å². The van der Waals surface area contributed by atoms with Crippen molar-refractivity contribution >= 4 is 22.7 Å². The van der Waals surface area contributed by atoms with Crippen LogP contribution in [-0.4, -0.2) is 15.4 Å². The van der Waals surface area contributed by atoms with Crippen molar-refractivity contribution in [1.82, 2.24) is 4.57 Å². The number of fused-ring (bicyclic) bond motifs is 1. The third kappa shape index (κ3) is 2.74. The number of aliphatic hydroxyl groups excluding tert-OH is 1. The highest BCUT2D eigenvalue weighted by Gasteiger charge is 2.06. The zero-order chi connectivity index (χ0) is 13.8. The molecule has 3 rings (SSSR count). The SMILES string of the molecule is OCc1cn(CCSc2ccccc2)c2ccccc12. The fourth-order valence-corrected chi connectivity index (χ4v) is 3.29. The zero-order valence-electron chi connectivity index (χ0n) is 11.2. The highest BCUT2D eigenvalue weighted by atomic mass is 32.2. The molecule has 2 aromatic carbocycles. The third-order valence-electron chi connectivity index (χ3n) is 3.39. The van der Waals surface area contributed by atoms with Gasteiger partial charge in [0.25, 0.3) is 0 Å². The molecule has 0 atom stereocenters. The van der Waals surface area contributed by atoms with Gasteiger partial charge in [0.15, 0.2) is 0 Å². The first-order valence-electron chi connectivity index (χ1n) is 6.74. The van der Waals surface area contributed by atoms with Crippen molar-refractivity contribution in [2.75, 3.05) is 5.75 Å². The monoisotopic (exact) mass is 283 g/mol. The fraction of sp³-hybridized carbons (Fsp3) is 0.176. The number of para-hydroxylation sites is 1. The van der Waals surface area contributed by atoms with Gasteiger partial charge in [-0.3, -0.25) is 0 Å². The van der Waals surface area contributed by atoms with E-state index in [-0.39, 0.29) is 6.61 Å². The Labute approximate surface area is 123 Å². The number of aryl methyl sites for hydroxylation is 1. The average molecular weight is 283 g/mol. The van der Waals surface area contributed by atoms with E-state index in [9.17, 15) is 5.11 Å². The molecule has 0 bridgehead atoms. The lowest BCUT2D eigenvalue weighted by atomic mass is 10.2. The molecule has 0 fully saturated rings. The van der Waals surface area contributed by atoms with Gasteiger partial charge in [0.2, 0.25) is 0 Å². The van der Waals surface area contributed by atoms with Gasteiger partial charge in [0.05, 0.1) is 6.61 Å². The normalized spacial score (nSPS) is 11.1. The Morgan fingerprint density at radius 1 is 0.950 bits per heavy atom. The molecule has 0 amide bonds. The van der Waals surface area contributed by atoms with E-state index in [1.165, 1.54) is 10.4 Å². The molecule has 0 radical (unpaired) electrons. The summed E-state index contributed by atoms with van der Waals surface area (Å²) in [6, 6.07) is 18.7. The highest BCUT2D eigenvalue weighted by Crippen LogP contribution is 2.23. The summed E-state index contributed by atoms with van der Waals surface area (Å²) in [4.78, 5) is 1.30. The van der Waals surface area contributed by atoms with Crippen molar-refractivity contribution < 1.29 is 5.11 Å². The van der Waals surface area contributed by atoms with Crippen LogP contribution in [0.4, 0.5) is 0 Å². The maximum absolute atomic E-state index is 9.43. The molecule has 0 unspecified atom stereocenters. The van der Waals surface area contributed by atoms with Gasteiger partial charge in [-0.05, 0) is 18.2 Å². The van der Waals surface area contributed by atoms with E-state index in [1.54, 1.807) is 0 Å². The zero-order valence-corrected chi connectivity index (χ0v) is 12.0. The van der Waals surface area contributed by atoms with Crippen LogP contribution in [0.25, 0.3) is 10.9 Å². The van der Waals surface area contributed by atoms with Crippen LogP contribution < -0.4 is 0 Å². The van der Waals surface area contributed by atoms with Gasteiger partial charge >= 0.3 is 0 Å². The maximum atomic E-state index is 9.43. The number of rotatable bonds is 5. The molecule has 0 spiro atoms. The van der Waals surface area contributed by atoms with Crippen molar-refractivity contribution in [2.45, 2.75) is 18.0 Å². The van der Waals surface area contributed by atoms with Crippen LogP contribution >= 0.6 is 11.8 Å². The average Bonchev–Trinajstić information content (AvgIpc) is 2.87. The van der Waals surface area contributed by atoms with E-state index in [1.807, 2.05) is 30.0 Å². The van der Waals surface area contributed by atoms with Gasteiger partial charge in [0, 0.05) is 39.9 Å². The van der Waals surface area contributed by atoms with Crippen molar-refractivity contribution in [3.63, 3.8) is 0 Å². The number of thioether (sulfide) groups is 1. The molecule has 0 aliphatic carbocycles. The van der Waals surface area contributed by atoms with Gasteiger partial charge in [-0.25, -0.2) is 0 Å². The minimum Gasteiger partial charge on any atom is -0.392 e. The number of hydrogen-bond donors (Lipinski definition) is 1. The first-order chi connectivity index (χ1) is 9.88. The Bertz CT molecular complexity index is 691. The number of benzene rings is 2. The van der Waals surface area contributed by atoms with Gasteiger partial charge in [-0.1, -0.05) is 36.4 Å². The van der Waals surface area contributed by atoms with Crippen LogP contribution in [0.3, 0.4) is 0 Å². The van der Waals surface area contributed by atoms with Crippen LogP contribution in [0.15, 0.2) is 65.7 Å². The van der Waals surface area contributed by atoms with Crippen LogP contribution in [-0.2, 0) is 13.2 Å². The smallest absolute Gasteiger partial charge is 0.0702 e. The quantitative estimate of drug-likeness (QED) is 0.718. The minimum atomic E-state index is 0.0966. The lowest BCUT2D eigenvalue weighted by molar-refractivity contribution is 0.283. The first-order valence-corrected chi connectivity index (χ1v) is 7.72. The van der Waals surface area contributed by atoms with Gasteiger partial charge in [-0.15, -0.1) is 11.8 Å². The van der Waals surface area contributed by atoms with Crippen LogP contribution in [0.1, 0.15) is 5.56 Å². The van der Waals surface area contributed by atoms with Gasteiger partial charge in [-0.2, -0.15) is 0 Å². The molecular weight excluding hydrogens is 266 g/mol. The van der Waals surface area contributed by atoms with Crippen LogP contribution in [0.5, 0.6) is 0 Å². The molecule has 3 heteroatoms. The summed E-state index contributed by atoms with van der Waals surface area (Å²) in [5.74, 6) is 1.02. The van der Waals surface area contributed by atoms with Crippen LogP contribution in [0, 0.1) is 0 Å². The van der Waals surface area contributed by atoms with Crippen molar-refractivity contribution in [1.29, 1.82) is 0 Å². The summed E-state index contributed by atoms with van der Waals surface area (Å²) in [5, 5.41) is 10.6. The van der Waals surface area contributed by atoms with Gasteiger partial charge in [0.1, 0.15) is 0 Å². The Morgan fingerprint density at radius 3 is 2.50 bits per heavy atom. The number of hydrogen-bond acceptors (Lipinski definition) is 2. The van der Waals surface area contributed by atoms with E-state index in [2.05, 4.69) is 47.2 Å². The molecule has 1 aromatic heterocycles. The maximum Gasteiger partial charge on any atom is 0.0702 e. The molecule has 1 heterocycles. The van der Waals surface area contributed by atoms with Crippen LogP contribution in [0.2, 0.25) is 0 Å². The van der Waals surface area contributed by atoms with E-state index >= 15 is 0 Å². The lowest BCUT2D eigenvalue weighted by Gasteiger charge is -2.05. The van der Waals surface area contributed by atoms with E-state index in [0.29, 0.717) is 0 Å². The second kappa shape index (κ2) is 6.16. The van der Waals surface area contributed by atoms with Crippen molar-refractivity contribution in [2.24, 2.45) is 0 Å². The second-order valence-electron chi connectivity index (χ2n) is 4.68. The summed E-state index contributed by atoms with van der Waals surface area (Å²) in [6.45, 7) is 1.04. The molecule has 0 saturated carbocycles. The Morgan fingerprint density at radius 2 is 1.70 bits per heavy atom.